The van der Waals surface area contributed by atoms with E-state index in [-0.39, 0.29) is 0 Å². The van der Waals surface area contributed by atoms with Crippen molar-refractivity contribution in [2.75, 3.05) is 37.8 Å². The van der Waals surface area contributed by atoms with Crippen LogP contribution in [-0.2, 0) is 0 Å². The first-order valence-electron chi connectivity index (χ1n) is 6.33. The molecule has 4 nitrogen and oxygen atoms in total. The van der Waals surface area contributed by atoms with Gasteiger partial charge < -0.3 is 15.5 Å². The van der Waals surface area contributed by atoms with Crippen LogP contribution >= 0.6 is 0 Å². The molecule has 0 radical (unpaired) electrons. The molecule has 0 aromatic heterocycles. The quantitative estimate of drug-likeness (QED) is 0.804. The average molecular weight is 244 g/mol. The van der Waals surface area contributed by atoms with Gasteiger partial charge in [0.2, 0.25) is 0 Å². The van der Waals surface area contributed by atoms with Crippen LogP contribution < -0.4 is 10.6 Å². The van der Waals surface area contributed by atoms with Crippen LogP contribution in [0.4, 0.5) is 11.4 Å². The molecule has 1 fully saturated rings. The van der Waals surface area contributed by atoms with E-state index in [9.17, 15) is 0 Å². The number of nitrogens with two attached hydrogens (primary N) is 1. The number of nitrogens with zero attached hydrogens (tertiary/aromatic N) is 3. The third-order valence-corrected chi connectivity index (χ3v) is 3.68. The molecule has 1 aromatic carbocycles. The molecule has 18 heavy (non-hydrogen) atoms. The smallest absolute Gasteiger partial charge is 0.0992 e. The number of nitriles is 1. The zero-order valence-corrected chi connectivity index (χ0v) is 11.1. The molecular formula is C14H20N4. The summed E-state index contributed by atoms with van der Waals surface area (Å²) in [5, 5.41) is 8.85. The first kappa shape index (κ1) is 12.7. The summed E-state index contributed by atoms with van der Waals surface area (Å²) in [4.78, 5) is 4.59. The van der Waals surface area contributed by atoms with Crippen LogP contribution in [0.1, 0.15) is 18.4 Å². The monoisotopic (exact) mass is 244 g/mol. The molecule has 96 valence electrons. The molecule has 0 bridgehead atoms. The molecular weight excluding hydrogens is 224 g/mol. The molecule has 0 saturated carbocycles. The van der Waals surface area contributed by atoms with Crippen molar-refractivity contribution in [1.29, 1.82) is 5.26 Å². The van der Waals surface area contributed by atoms with Crippen molar-refractivity contribution in [2.24, 2.45) is 0 Å². The number of hydrogen-bond acceptors (Lipinski definition) is 4. The Hall–Kier alpha value is -1.73. The van der Waals surface area contributed by atoms with E-state index < -0.39 is 0 Å². The highest BCUT2D eigenvalue weighted by Crippen LogP contribution is 2.27. The highest BCUT2D eigenvalue weighted by atomic mass is 15.2. The van der Waals surface area contributed by atoms with Crippen LogP contribution in [0.2, 0.25) is 0 Å². The maximum atomic E-state index is 8.85. The molecule has 0 spiro atoms. The van der Waals surface area contributed by atoms with Crippen LogP contribution in [0.15, 0.2) is 18.2 Å². The SMILES string of the molecule is CN1CCCC(N(C)c2ccc(C#N)cc2N)C1. The van der Waals surface area contributed by atoms with Gasteiger partial charge in [0.1, 0.15) is 0 Å². The highest BCUT2D eigenvalue weighted by molar-refractivity contribution is 5.69. The lowest BCUT2D eigenvalue weighted by Crippen LogP contribution is -2.45. The summed E-state index contributed by atoms with van der Waals surface area (Å²) in [5.74, 6) is 0. The molecule has 1 heterocycles. The fourth-order valence-electron chi connectivity index (χ4n) is 2.60. The number of anilines is 2. The van der Waals surface area contributed by atoms with Crippen molar-refractivity contribution in [3.8, 4) is 6.07 Å². The standard InChI is InChI=1S/C14H20N4/c1-17-7-3-4-12(10-17)18(2)14-6-5-11(9-15)8-13(14)16/h5-6,8,12H,3-4,7,10,16H2,1-2H3. The number of likely N-dealkylation sites (tertiary alicyclic amines) is 1. The summed E-state index contributed by atoms with van der Waals surface area (Å²) in [6.45, 7) is 2.24. The van der Waals surface area contributed by atoms with Crippen LogP contribution in [0, 0.1) is 11.3 Å². The Morgan fingerprint density at radius 1 is 1.50 bits per heavy atom. The minimum atomic E-state index is 0.499. The van der Waals surface area contributed by atoms with E-state index in [1.807, 2.05) is 12.1 Å². The van der Waals surface area contributed by atoms with Crippen molar-refractivity contribution < 1.29 is 0 Å². The maximum absolute atomic E-state index is 8.85. The summed E-state index contributed by atoms with van der Waals surface area (Å²) in [6, 6.07) is 8.14. The zero-order valence-electron chi connectivity index (χ0n) is 11.1. The van der Waals surface area contributed by atoms with Crippen LogP contribution in [0.25, 0.3) is 0 Å². The van der Waals surface area contributed by atoms with E-state index >= 15 is 0 Å². The number of piperidine rings is 1. The molecule has 2 rings (SSSR count). The van der Waals surface area contributed by atoms with E-state index in [0.717, 1.165) is 12.2 Å². The summed E-state index contributed by atoms with van der Waals surface area (Å²) in [5.41, 5.74) is 8.36. The number of benzene rings is 1. The zero-order chi connectivity index (χ0) is 13.1. The molecule has 4 heteroatoms. The van der Waals surface area contributed by atoms with Crippen LogP contribution in [0.5, 0.6) is 0 Å². The number of nitrogen functional groups attached to an aromatic ring is 1. The van der Waals surface area contributed by atoms with Crippen molar-refractivity contribution in [3.63, 3.8) is 0 Å². The van der Waals surface area contributed by atoms with E-state index in [1.165, 1.54) is 19.4 Å². The topological polar surface area (TPSA) is 56.3 Å². The number of hydrogen-bond donors (Lipinski definition) is 1. The van der Waals surface area contributed by atoms with E-state index in [0.29, 0.717) is 17.3 Å². The largest absolute Gasteiger partial charge is 0.397 e. The second-order valence-corrected chi connectivity index (χ2v) is 5.05. The van der Waals surface area contributed by atoms with Gasteiger partial charge in [0.05, 0.1) is 23.0 Å². The Bertz CT molecular complexity index is 463. The molecule has 1 aromatic rings. The van der Waals surface area contributed by atoms with Gasteiger partial charge >= 0.3 is 0 Å². The molecule has 1 atom stereocenters. The van der Waals surface area contributed by atoms with E-state index in [2.05, 4.69) is 30.0 Å². The third-order valence-electron chi connectivity index (χ3n) is 3.68. The predicted octanol–water partition coefficient (Wildman–Crippen LogP) is 1.67. The average Bonchev–Trinajstić information content (AvgIpc) is 2.37. The first-order valence-corrected chi connectivity index (χ1v) is 6.33. The van der Waals surface area contributed by atoms with Gasteiger partial charge in [0.25, 0.3) is 0 Å². The lowest BCUT2D eigenvalue weighted by Gasteiger charge is -2.37. The van der Waals surface area contributed by atoms with Crippen molar-refractivity contribution >= 4 is 11.4 Å². The second kappa shape index (κ2) is 5.28. The predicted molar refractivity (Wildman–Crippen MR) is 74.5 cm³/mol. The minimum Gasteiger partial charge on any atom is -0.397 e. The van der Waals surface area contributed by atoms with Gasteiger partial charge in [-0.15, -0.1) is 0 Å². The maximum Gasteiger partial charge on any atom is 0.0992 e. The van der Waals surface area contributed by atoms with Gasteiger partial charge in [-0.05, 0) is 44.6 Å². The van der Waals surface area contributed by atoms with Gasteiger partial charge in [-0.25, -0.2) is 0 Å². The van der Waals surface area contributed by atoms with E-state index in [1.54, 1.807) is 6.07 Å². The number of rotatable bonds is 2. The molecule has 0 amide bonds. The summed E-state index contributed by atoms with van der Waals surface area (Å²) in [6.07, 6.45) is 2.42. The molecule has 0 aliphatic carbocycles. The Kier molecular flexibility index (Phi) is 3.73. The fraction of sp³-hybridized carbons (Fsp3) is 0.500. The fourth-order valence-corrected chi connectivity index (χ4v) is 2.60. The number of likely N-dealkylation sites (N-methyl/N-ethyl adjacent to an activating group) is 2. The minimum absolute atomic E-state index is 0.499. The highest BCUT2D eigenvalue weighted by Gasteiger charge is 2.22. The third kappa shape index (κ3) is 2.57. The van der Waals surface area contributed by atoms with Gasteiger partial charge in [-0.1, -0.05) is 0 Å². The Morgan fingerprint density at radius 2 is 2.28 bits per heavy atom. The summed E-state index contributed by atoms with van der Waals surface area (Å²) in [7, 11) is 4.24. The van der Waals surface area contributed by atoms with Crippen LogP contribution in [0.3, 0.4) is 0 Å². The second-order valence-electron chi connectivity index (χ2n) is 5.05. The first-order chi connectivity index (χ1) is 8.61. The molecule has 1 unspecified atom stereocenters. The molecule has 2 N–H and O–H groups in total. The summed E-state index contributed by atoms with van der Waals surface area (Å²) >= 11 is 0. The van der Waals surface area contributed by atoms with Gasteiger partial charge in [-0.2, -0.15) is 5.26 Å². The van der Waals surface area contributed by atoms with Crippen molar-refractivity contribution in [2.45, 2.75) is 18.9 Å². The van der Waals surface area contributed by atoms with Crippen molar-refractivity contribution in [3.05, 3.63) is 23.8 Å². The van der Waals surface area contributed by atoms with E-state index in [4.69, 9.17) is 11.0 Å². The molecule has 1 aliphatic rings. The van der Waals surface area contributed by atoms with Gasteiger partial charge in [-0.3, -0.25) is 0 Å². The van der Waals surface area contributed by atoms with Gasteiger partial charge in [0.15, 0.2) is 0 Å². The van der Waals surface area contributed by atoms with Crippen molar-refractivity contribution in [1.82, 2.24) is 4.90 Å². The Morgan fingerprint density at radius 3 is 2.89 bits per heavy atom. The Labute approximate surface area is 109 Å². The lowest BCUT2D eigenvalue weighted by molar-refractivity contribution is 0.248. The summed E-state index contributed by atoms with van der Waals surface area (Å²) < 4.78 is 0. The van der Waals surface area contributed by atoms with Gasteiger partial charge in [0, 0.05) is 19.6 Å². The van der Waals surface area contributed by atoms with Crippen LogP contribution in [-0.4, -0.2) is 38.1 Å². The molecule has 1 saturated heterocycles. The normalized spacial score (nSPS) is 20.4. The Balaban J connectivity index is 2.18. The lowest BCUT2D eigenvalue weighted by atomic mass is 10.0. The molecule has 1 aliphatic heterocycles.